The molecule has 1 aliphatic carbocycles. The van der Waals surface area contributed by atoms with E-state index in [1.165, 1.54) is 19.3 Å². The molecule has 2 fully saturated rings. The molecule has 0 N–H and O–H groups in total. The van der Waals surface area contributed by atoms with Gasteiger partial charge in [0.15, 0.2) is 0 Å². The van der Waals surface area contributed by atoms with Crippen LogP contribution in [0.1, 0.15) is 51.9 Å². The standard InChI is InChI=1S/C14H23NO3/c1-11(15-9-7-12(16)8-10-15)14(17)18-13-5-3-2-4-6-13/h11,13H,2-10H2,1H3. The molecule has 18 heavy (non-hydrogen) atoms. The summed E-state index contributed by atoms with van der Waals surface area (Å²) >= 11 is 0. The lowest BCUT2D eigenvalue weighted by Crippen LogP contribution is -2.45. The molecule has 1 unspecified atom stereocenters. The van der Waals surface area contributed by atoms with Gasteiger partial charge in [-0.05, 0) is 32.6 Å². The van der Waals surface area contributed by atoms with Crippen molar-refractivity contribution in [3.05, 3.63) is 0 Å². The molecule has 0 spiro atoms. The monoisotopic (exact) mass is 253 g/mol. The van der Waals surface area contributed by atoms with E-state index in [-0.39, 0.29) is 18.1 Å². The van der Waals surface area contributed by atoms with Crippen LogP contribution in [0.5, 0.6) is 0 Å². The predicted molar refractivity (Wildman–Crippen MR) is 68.2 cm³/mol. The number of carbonyl (C=O) groups excluding carboxylic acids is 2. The average molecular weight is 253 g/mol. The first kappa shape index (κ1) is 13.5. The molecule has 1 heterocycles. The van der Waals surface area contributed by atoms with E-state index in [2.05, 4.69) is 4.90 Å². The molecular formula is C14H23NO3. The molecule has 0 bridgehead atoms. The van der Waals surface area contributed by atoms with Gasteiger partial charge in [0, 0.05) is 25.9 Å². The number of rotatable bonds is 3. The summed E-state index contributed by atoms with van der Waals surface area (Å²) in [5.74, 6) is 0.190. The maximum Gasteiger partial charge on any atom is 0.323 e. The van der Waals surface area contributed by atoms with Gasteiger partial charge < -0.3 is 4.74 Å². The minimum atomic E-state index is -0.208. The van der Waals surface area contributed by atoms with Crippen molar-refractivity contribution in [1.82, 2.24) is 4.90 Å². The van der Waals surface area contributed by atoms with Crippen LogP contribution in [-0.2, 0) is 14.3 Å². The van der Waals surface area contributed by atoms with Gasteiger partial charge >= 0.3 is 5.97 Å². The number of nitrogens with zero attached hydrogens (tertiary/aromatic N) is 1. The van der Waals surface area contributed by atoms with Crippen molar-refractivity contribution in [3.63, 3.8) is 0 Å². The zero-order valence-corrected chi connectivity index (χ0v) is 11.2. The van der Waals surface area contributed by atoms with Gasteiger partial charge in [0.2, 0.25) is 0 Å². The smallest absolute Gasteiger partial charge is 0.323 e. The molecular weight excluding hydrogens is 230 g/mol. The quantitative estimate of drug-likeness (QED) is 0.721. The summed E-state index contributed by atoms with van der Waals surface area (Å²) in [5.41, 5.74) is 0. The molecule has 1 saturated carbocycles. The average Bonchev–Trinajstić information content (AvgIpc) is 2.40. The lowest BCUT2D eigenvalue weighted by atomic mass is 9.98. The molecule has 0 amide bonds. The first-order chi connectivity index (χ1) is 8.66. The van der Waals surface area contributed by atoms with Crippen molar-refractivity contribution in [1.29, 1.82) is 0 Å². The summed E-state index contributed by atoms with van der Waals surface area (Å²) in [6.45, 7) is 3.28. The molecule has 4 heteroatoms. The number of Topliss-reactive ketones (excluding diaryl/α,β-unsaturated/α-hetero) is 1. The number of ether oxygens (including phenoxy) is 1. The van der Waals surface area contributed by atoms with Crippen LogP contribution in [0.4, 0.5) is 0 Å². The molecule has 4 nitrogen and oxygen atoms in total. The zero-order chi connectivity index (χ0) is 13.0. The summed E-state index contributed by atoms with van der Waals surface area (Å²) in [7, 11) is 0. The Morgan fingerprint density at radius 3 is 2.44 bits per heavy atom. The third-order valence-corrected chi connectivity index (χ3v) is 4.08. The highest BCUT2D eigenvalue weighted by atomic mass is 16.5. The van der Waals surface area contributed by atoms with E-state index in [9.17, 15) is 9.59 Å². The second-order valence-corrected chi connectivity index (χ2v) is 5.45. The van der Waals surface area contributed by atoms with Crippen LogP contribution >= 0.6 is 0 Å². The van der Waals surface area contributed by atoms with Crippen LogP contribution in [-0.4, -0.2) is 41.9 Å². The van der Waals surface area contributed by atoms with Gasteiger partial charge in [-0.25, -0.2) is 0 Å². The number of hydrogen-bond donors (Lipinski definition) is 0. The number of carbonyl (C=O) groups is 2. The van der Waals surface area contributed by atoms with E-state index in [4.69, 9.17) is 4.74 Å². The maximum absolute atomic E-state index is 12.0. The molecule has 1 saturated heterocycles. The Morgan fingerprint density at radius 1 is 1.22 bits per heavy atom. The van der Waals surface area contributed by atoms with Gasteiger partial charge in [-0.1, -0.05) is 6.42 Å². The molecule has 0 aromatic heterocycles. The van der Waals surface area contributed by atoms with Gasteiger partial charge in [0.25, 0.3) is 0 Å². The minimum absolute atomic E-state index is 0.115. The number of piperidine rings is 1. The van der Waals surface area contributed by atoms with Gasteiger partial charge in [0.05, 0.1) is 0 Å². The molecule has 102 valence electrons. The van der Waals surface area contributed by atoms with Crippen LogP contribution < -0.4 is 0 Å². The lowest BCUT2D eigenvalue weighted by molar-refractivity contribution is -0.157. The van der Waals surface area contributed by atoms with Gasteiger partial charge in [-0.3, -0.25) is 14.5 Å². The fourth-order valence-corrected chi connectivity index (χ4v) is 2.76. The molecule has 0 radical (unpaired) electrons. The molecule has 2 rings (SSSR count). The molecule has 1 aliphatic heterocycles. The predicted octanol–water partition coefficient (Wildman–Crippen LogP) is 1.92. The van der Waals surface area contributed by atoms with Crippen LogP contribution in [0.3, 0.4) is 0 Å². The SMILES string of the molecule is CC(C(=O)OC1CCCCC1)N1CCC(=O)CC1. The molecule has 0 aromatic carbocycles. The minimum Gasteiger partial charge on any atom is -0.461 e. The van der Waals surface area contributed by atoms with E-state index in [0.29, 0.717) is 31.7 Å². The number of esters is 1. The van der Waals surface area contributed by atoms with Crippen LogP contribution in [0.25, 0.3) is 0 Å². The fourth-order valence-electron chi connectivity index (χ4n) is 2.76. The topological polar surface area (TPSA) is 46.6 Å². The van der Waals surface area contributed by atoms with E-state index in [1.54, 1.807) is 0 Å². The van der Waals surface area contributed by atoms with Gasteiger partial charge in [0.1, 0.15) is 17.9 Å². The fraction of sp³-hybridized carbons (Fsp3) is 0.857. The third-order valence-electron chi connectivity index (χ3n) is 4.08. The van der Waals surface area contributed by atoms with E-state index in [0.717, 1.165) is 12.8 Å². The summed E-state index contributed by atoms with van der Waals surface area (Å²) in [6, 6.07) is -0.208. The Balaban J connectivity index is 1.78. The second-order valence-electron chi connectivity index (χ2n) is 5.45. The van der Waals surface area contributed by atoms with E-state index >= 15 is 0 Å². The van der Waals surface area contributed by atoms with Crippen LogP contribution in [0.2, 0.25) is 0 Å². The first-order valence-electron chi connectivity index (χ1n) is 7.13. The van der Waals surface area contributed by atoms with E-state index < -0.39 is 0 Å². The first-order valence-corrected chi connectivity index (χ1v) is 7.13. The summed E-state index contributed by atoms with van der Waals surface area (Å²) < 4.78 is 5.57. The second kappa shape index (κ2) is 6.32. The van der Waals surface area contributed by atoms with Crippen LogP contribution in [0.15, 0.2) is 0 Å². The number of ketones is 1. The highest BCUT2D eigenvalue weighted by Gasteiger charge is 2.28. The van der Waals surface area contributed by atoms with Gasteiger partial charge in [-0.2, -0.15) is 0 Å². The summed E-state index contributed by atoms with van der Waals surface area (Å²) in [5, 5.41) is 0. The lowest BCUT2D eigenvalue weighted by Gasteiger charge is -2.32. The number of likely N-dealkylation sites (tertiary alicyclic amines) is 1. The highest BCUT2D eigenvalue weighted by molar-refractivity contribution is 5.80. The Hall–Kier alpha value is -0.900. The van der Waals surface area contributed by atoms with Crippen molar-refractivity contribution in [3.8, 4) is 0 Å². The molecule has 1 atom stereocenters. The zero-order valence-electron chi connectivity index (χ0n) is 11.2. The van der Waals surface area contributed by atoms with Crippen LogP contribution in [0, 0.1) is 0 Å². The normalized spacial score (nSPS) is 24.8. The molecule has 0 aromatic rings. The van der Waals surface area contributed by atoms with Crippen molar-refractivity contribution in [2.45, 2.75) is 64.0 Å². The van der Waals surface area contributed by atoms with Crippen molar-refractivity contribution in [2.24, 2.45) is 0 Å². The summed E-state index contributed by atoms with van der Waals surface area (Å²) in [6.07, 6.45) is 6.89. The largest absolute Gasteiger partial charge is 0.461 e. The Bertz CT molecular complexity index is 300. The maximum atomic E-state index is 12.0. The summed E-state index contributed by atoms with van der Waals surface area (Å²) in [4.78, 5) is 25.3. The third kappa shape index (κ3) is 3.55. The van der Waals surface area contributed by atoms with E-state index in [1.807, 2.05) is 6.92 Å². The van der Waals surface area contributed by atoms with Crippen molar-refractivity contribution in [2.75, 3.05) is 13.1 Å². The Labute approximate surface area is 109 Å². The Kier molecular flexibility index (Phi) is 4.75. The Morgan fingerprint density at radius 2 is 1.83 bits per heavy atom. The van der Waals surface area contributed by atoms with Gasteiger partial charge in [-0.15, -0.1) is 0 Å². The molecule has 2 aliphatic rings. The highest BCUT2D eigenvalue weighted by Crippen LogP contribution is 2.21. The van der Waals surface area contributed by atoms with Crippen molar-refractivity contribution < 1.29 is 14.3 Å². The van der Waals surface area contributed by atoms with Crippen molar-refractivity contribution >= 4 is 11.8 Å². The number of hydrogen-bond acceptors (Lipinski definition) is 4.